The number of hydrogen-bond donors (Lipinski definition) is 1. The zero-order valence-corrected chi connectivity index (χ0v) is 11.1. The van der Waals surface area contributed by atoms with E-state index in [1.165, 1.54) is 49.8 Å². The van der Waals surface area contributed by atoms with E-state index in [9.17, 15) is 0 Å². The maximum absolute atomic E-state index is 3.45. The molecule has 1 aromatic rings. The average Bonchev–Trinajstić information content (AvgIpc) is 2.85. The molecule has 0 amide bonds. The molecule has 1 N–H and O–H groups in total. The van der Waals surface area contributed by atoms with E-state index in [1.54, 1.807) is 0 Å². The number of hydrogen-bond acceptors (Lipinski definition) is 2. The smallest absolute Gasteiger partial charge is 0.0412 e. The molecule has 1 aromatic heterocycles. The normalized spacial score (nSPS) is 19.8. The Morgan fingerprint density at radius 1 is 1.38 bits per heavy atom. The summed E-state index contributed by atoms with van der Waals surface area (Å²) in [5.74, 6) is 1.00. The highest BCUT2D eigenvalue weighted by atomic mass is 32.1. The Bertz CT molecular complexity index is 275. The lowest BCUT2D eigenvalue weighted by atomic mass is 9.85. The first-order chi connectivity index (χ1) is 7.90. The molecule has 1 aliphatic carbocycles. The van der Waals surface area contributed by atoms with Crippen LogP contribution in [0.4, 0.5) is 0 Å². The Hall–Kier alpha value is -0.340. The topological polar surface area (TPSA) is 12.0 Å². The van der Waals surface area contributed by atoms with Crippen LogP contribution in [0.15, 0.2) is 17.5 Å². The van der Waals surface area contributed by atoms with Crippen molar-refractivity contribution >= 4 is 11.3 Å². The standard InChI is InChI=1S/C14H23NS/c1-15-13(14-8-5-11-16-14)10-9-12-6-3-2-4-7-12/h5,8,11-13,15H,2-4,6-7,9-10H2,1H3. The van der Waals surface area contributed by atoms with E-state index >= 15 is 0 Å². The van der Waals surface area contributed by atoms with Gasteiger partial charge in [0.05, 0.1) is 0 Å². The molecule has 1 unspecified atom stereocenters. The summed E-state index contributed by atoms with van der Waals surface area (Å²) >= 11 is 1.88. The van der Waals surface area contributed by atoms with E-state index in [0.29, 0.717) is 6.04 Å². The quantitative estimate of drug-likeness (QED) is 0.802. The molecular weight excluding hydrogens is 214 g/mol. The monoisotopic (exact) mass is 237 g/mol. The molecule has 2 heteroatoms. The maximum atomic E-state index is 3.45. The van der Waals surface area contributed by atoms with Crippen LogP contribution in [0.2, 0.25) is 0 Å². The predicted molar refractivity (Wildman–Crippen MR) is 71.9 cm³/mol. The summed E-state index contributed by atoms with van der Waals surface area (Å²) in [7, 11) is 2.09. The molecule has 1 nitrogen and oxygen atoms in total. The number of nitrogens with one attached hydrogen (secondary N) is 1. The average molecular weight is 237 g/mol. The zero-order chi connectivity index (χ0) is 11.2. The summed E-state index contributed by atoms with van der Waals surface area (Å²) in [6.07, 6.45) is 10.1. The van der Waals surface area contributed by atoms with E-state index in [-0.39, 0.29) is 0 Å². The highest BCUT2D eigenvalue weighted by Gasteiger charge is 2.16. The lowest BCUT2D eigenvalue weighted by Crippen LogP contribution is -2.17. The minimum atomic E-state index is 0.585. The van der Waals surface area contributed by atoms with Gasteiger partial charge in [-0.1, -0.05) is 38.2 Å². The molecule has 0 bridgehead atoms. The lowest BCUT2D eigenvalue weighted by Gasteiger charge is -2.23. The van der Waals surface area contributed by atoms with Crippen molar-refractivity contribution in [2.45, 2.75) is 51.0 Å². The Labute approximate surface area is 103 Å². The molecule has 2 rings (SSSR count). The van der Waals surface area contributed by atoms with Gasteiger partial charge in [0.2, 0.25) is 0 Å². The fraction of sp³-hybridized carbons (Fsp3) is 0.714. The molecule has 1 heterocycles. The summed E-state index contributed by atoms with van der Waals surface area (Å²) in [5.41, 5.74) is 0. The van der Waals surface area contributed by atoms with Crippen molar-refractivity contribution in [2.75, 3.05) is 7.05 Å². The van der Waals surface area contributed by atoms with Gasteiger partial charge in [-0.05, 0) is 37.3 Å². The van der Waals surface area contributed by atoms with Gasteiger partial charge >= 0.3 is 0 Å². The summed E-state index contributed by atoms with van der Waals surface area (Å²) in [6, 6.07) is 5.00. The first-order valence-corrected chi connectivity index (χ1v) is 7.49. The van der Waals surface area contributed by atoms with E-state index in [0.717, 1.165) is 5.92 Å². The van der Waals surface area contributed by atoms with Gasteiger partial charge in [0.15, 0.2) is 0 Å². The molecule has 0 spiro atoms. The fourth-order valence-corrected chi connectivity index (χ4v) is 3.67. The molecule has 0 saturated heterocycles. The third-order valence-corrected chi connectivity index (χ3v) is 4.81. The third-order valence-electron chi connectivity index (χ3n) is 3.82. The van der Waals surface area contributed by atoms with Crippen LogP contribution in [0.5, 0.6) is 0 Å². The molecule has 1 aliphatic rings. The first-order valence-electron chi connectivity index (χ1n) is 6.61. The van der Waals surface area contributed by atoms with Crippen molar-refractivity contribution in [1.29, 1.82) is 0 Å². The van der Waals surface area contributed by atoms with Crippen LogP contribution in [0, 0.1) is 5.92 Å². The lowest BCUT2D eigenvalue weighted by molar-refractivity contribution is 0.318. The molecule has 0 radical (unpaired) electrons. The second-order valence-corrected chi connectivity index (χ2v) is 5.92. The highest BCUT2D eigenvalue weighted by molar-refractivity contribution is 7.10. The molecule has 1 fully saturated rings. The van der Waals surface area contributed by atoms with Crippen LogP contribution in [0.3, 0.4) is 0 Å². The molecule has 1 atom stereocenters. The summed E-state index contributed by atoms with van der Waals surface area (Å²) in [4.78, 5) is 1.50. The molecule has 16 heavy (non-hydrogen) atoms. The minimum absolute atomic E-state index is 0.585. The molecule has 0 aromatic carbocycles. The maximum Gasteiger partial charge on any atom is 0.0412 e. The predicted octanol–water partition coefficient (Wildman–Crippen LogP) is 4.37. The Morgan fingerprint density at radius 3 is 2.81 bits per heavy atom. The van der Waals surface area contributed by atoms with E-state index in [2.05, 4.69) is 29.9 Å². The second-order valence-electron chi connectivity index (χ2n) is 4.94. The van der Waals surface area contributed by atoms with Crippen molar-refractivity contribution in [3.63, 3.8) is 0 Å². The Balaban J connectivity index is 1.78. The van der Waals surface area contributed by atoms with Gasteiger partial charge in [-0.3, -0.25) is 0 Å². The van der Waals surface area contributed by atoms with Crippen LogP contribution >= 0.6 is 11.3 Å². The Kier molecular flexibility index (Phi) is 4.86. The zero-order valence-electron chi connectivity index (χ0n) is 10.2. The van der Waals surface area contributed by atoms with Gasteiger partial charge in [-0.15, -0.1) is 11.3 Å². The van der Waals surface area contributed by atoms with Gasteiger partial charge in [0.1, 0.15) is 0 Å². The van der Waals surface area contributed by atoms with Crippen molar-refractivity contribution in [1.82, 2.24) is 5.32 Å². The van der Waals surface area contributed by atoms with Crippen molar-refractivity contribution in [3.8, 4) is 0 Å². The van der Waals surface area contributed by atoms with Crippen molar-refractivity contribution in [3.05, 3.63) is 22.4 Å². The fourth-order valence-electron chi connectivity index (χ4n) is 2.80. The first kappa shape index (κ1) is 12.1. The molecule has 90 valence electrons. The van der Waals surface area contributed by atoms with E-state index < -0.39 is 0 Å². The largest absolute Gasteiger partial charge is 0.312 e. The van der Waals surface area contributed by atoms with E-state index in [4.69, 9.17) is 0 Å². The van der Waals surface area contributed by atoms with Crippen LogP contribution in [0.25, 0.3) is 0 Å². The van der Waals surface area contributed by atoms with Crippen molar-refractivity contribution in [2.24, 2.45) is 5.92 Å². The molecule has 1 saturated carbocycles. The van der Waals surface area contributed by atoms with Crippen molar-refractivity contribution < 1.29 is 0 Å². The summed E-state index contributed by atoms with van der Waals surface area (Å²) < 4.78 is 0. The van der Waals surface area contributed by atoms with Gasteiger partial charge in [-0.25, -0.2) is 0 Å². The summed E-state index contributed by atoms with van der Waals surface area (Å²) in [6.45, 7) is 0. The third kappa shape index (κ3) is 3.33. The van der Waals surface area contributed by atoms with E-state index in [1.807, 2.05) is 11.3 Å². The van der Waals surface area contributed by atoms with Crippen LogP contribution in [0.1, 0.15) is 55.9 Å². The number of thiophene rings is 1. The number of rotatable bonds is 5. The van der Waals surface area contributed by atoms with Gasteiger partial charge in [-0.2, -0.15) is 0 Å². The van der Waals surface area contributed by atoms with Crippen LogP contribution in [-0.4, -0.2) is 7.05 Å². The summed E-state index contributed by atoms with van der Waals surface area (Å²) in [5, 5.41) is 5.64. The van der Waals surface area contributed by atoms with Gasteiger partial charge in [0.25, 0.3) is 0 Å². The minimum Gasteiger partial charge on any atom is -0.312 e. The second kappa shape index (κ2) is 6.41. The van der Waals surface area contributed by atoms with Crippen LogP contribution in [-0.2, 0) is 0 Å². The SMILES string of the molecule is CNC(CCC1CCCCC1)c1cccs1. The highest BCUT2D eigenvalue weighted by Crippen LogP contribution is 2.31. The van der Waals surface area contributed by atoms with Crippen LogP contribution < -0.4 is 5.32 Å². The molecular formula is C14H23NS. The van der Waals surface area contributed by atoms with Gasteiger partial charge < -0.3 is 5.32 Å². The molecule has 0 aliphatic heterocycles. The Morgan fingerprint density at radius 2 is 2.19 bits per heavy atom. The van der Waals surface area contributed by atoms with Gasteiger partial charge in [0, 0.05) is 10.9 Å².